The lowest BCUT2D eigenvalue weighted by Gasteiger charge is -2.00. The van der Waals surface area contributed by atoms with Crippen LogP contribution in [-0.4, -0.2) is 46.4 Å². The summed E-state index contributed by atoms with van der Waals surface area (Å²) in [6, 6.07) is 0. The molecular formula is C8H18O2S3. The maximum Gasteiger partial charge on any atom is 0.0530 e. The lowest BCUT2D eigenvalue weighted by molar-refractivity contribution is 0.322. The monoisotopic (exact) mass is 242 g/mol. The van der Waals surface area contributed by atoms with E-state index < -0.39 is 0 Å². The normalized spacial score (nSPS) is 10.6. The Kier molecular flexibility index (Phi) is 13.9. The summed E-state index contributed by atoms with van der Waals surface area (Å²) in [7, 11) is 3.58. The van der Waals surface area contributed by atoms with Gasteiger partial charge in [0.15, 0.2) is 0 Å². The Morgan fingerprint density at radius 1 is 0.692 bits per heavy atom. The van der Waals surface area contributed by atoms with Gasteiger partial charge in [0.05, 0.1) is 13.2 Å². The first kappa shape index (κ1) is 14.0. The Hall–Kier alpha value is 0.970. The van der Waals surface area contributed by atoms with Gasteiger partial charge >= 0.3 is 0 Å². The molecule has 0 aromatic rings. The van der Waals surface area contributed by atoms with Crippen molar-refractivity contribution in [3.05, 3.63) is 0 Å². The zero-order valence-corrected chi connectivity index (χ0v) is 10.2. The predicted octanol–water partition coefficient (Wildman–Crippen LogP) is 1.87. The SMILES string of the molecule is OCCSCCCCSSCCO. The van der Waals surface area contributed by atoms with E-state index in [0.717, 1.165) is 17.3 Å². The second-order valence-corrected chi connectivity index (χ2v) is 6.34. The quantitative estimate of drug-likeness (QED) is 0.452. The molecule has 0 heterocycles. The fourth-order valence-corrected chi connectivity index (χ4v) is 3.34. The Morgan fingerprint density at radius 3 is 2.00 bits per heavy atom. The van der Waals surface area contributed by atoms with Crippen LogP contribution in [0.2, 0.25) is 0 Å². The smallest absolute Gasteiger partial charge is 0.0530 e. The van der Waals surface area contributed by atoms with Gasteiger partial charge in [0.1, 0.15) is 0 Å². The summed E-state index contributed by atoms with van der Waals surface area (Å²) in [6.07, 6.45) is 2.47. The molecule has 0 aliphatic rings. The van der Waals surface area contributed by atoms with Crippen molar-refractivity contribution in [3.63, 3.8) is 0 Å². The van der Waals surface area contributed by atoms with Gasteiger partial charge in [-0.05, 0) is 18.6 Å². The fourth-order valence-electron chi connectivity index (χ4n) is 0.687. The van der Waals surface area contributed by atoms with E-state index in [1.165, 1.54) is 18.6 Å². The van der Waals surface area contributed by atoms with E-state index in [-0.39, 0.29) is 6.61 Å². The van der Waals surface area contributed by atoms with Crippen molar-refractivity contribution in [2.45, 2.75) is 12.8 Å². The summed E-state index contributed by atoms with van der Waals surface area (Å²) in [5.41, 5.74) is 0. The Morgan fingerprint density at radius 2 is 1.31 bits per heavy atom. The Labute approximate surface area is 92.7 Å². The van der Waals surface area contributed by atoms with E-state index in [0.29, 0.717) is 6.61 Å². The van der Waals surface area contributed by atoms with Gasteiger partial charge in [0.2, 0.25) is 0 Å². The molecule has 0 aromatic carbocycles. The van der Waals surface area contributed by atoms with E-state index in [2.05, 4.69) is 0 Å². The lowest BCUT2D eigenvalue weighted by Crippen LogP contribution is -1.89. The van der Waals surface area contributed by atoms with Crippen LogP contribution in [0.15, 0.2) is 0 Å². The summed E-state index contributed by atoms with van der Waals surface area (Å²) < 4.78 is 0. The summed E-state index contributed by atoms with van der Waals surface area (Å²) in [5.74, 6) is 4.03. The zero-order valence-electron chi connectivity index (χ0n) is 7.78. The minimum Gasteiger partial charge on any atom is -0.396 e. The predicted molar refractivity (Wildman–Crippen MR) is 65.6 cm³/mol. The molecule has 0 unspecified atom stereocenters. The van der Waals surface area contributed by atoms with E-state index in [4.69, 9.17) is 10.2 Å². The van der Waals surface area contributed by atoms with Gasteiger partial charge in [-0.1, -0.05) is 21.6 Å². The first-order valence-corrected chi connectivity index (χ1v) is 8.10. The molecule has 0 atom stereocenters. The third-order valence-electron chi connectivity index (χ3n) is 1.26. The minimum atomic E-state index is 0.282. The maximum atomic E-state index is 8.51. The highest BCUT2D eigenvalue weighted by Gasteiger charge is 1.91. The summed E-state index contributed by atoms with van der Waals surface area (Å²) >= 11 is 1.82. The summed E-state index contributed by atoms with van der Waals surface area (Å²) in [4.78, 5) is 0. The van der Waals surface area contributed by atoms with E-state index in [9.17, 15) is 0 Å². The van der Waals surface area contributed by atoms with Crippen LogP contribution in [0.5, 0.6) is 0 Å². The number of hydrogen-bond acceptors (Lipinski definition) is 5. The number of aliphatic hydroxyl groups excluding tert-OH is 2. The maximum absolute atomic E-state index is 8.51. The third kappa shape index (κ3) is 13.0. The van der Waals surface area contributed by atoms with Crippen LogP contribution in [0.25, 0.3) is 0 Å². The largest absolute Gasteiger partial charge is 0.396 e. The summed E-state index contributed by atoms with van der Waals surface area (Å²) in [6.45, 7) is 0.579. The molecule has 0 aliphatic heterocycles. The van der Waals surface area contributed by atoms with Crippen LogP contribution in [-0.2, 0) is 0 Å². The van der Waals surface area contributed by atoms with Crippen molar-refractivity contribution < 1.29 is 10.2 Å². The van der Waals surface area contributed by atoms with Crippen molar-refractivity contribution in [1.29, 1.82) is 0 Å². The molecule has 5 heteroatoms. The molecule has 0 rings (SSSR count). The van der Waals surface area contributed by atoms with Crippen molar-refractivity contribution in [3.8, 4) is 0 Å². The molecule has 2 N–H and O–H groups in total. The highest BCUT2D eigenvalue weighted by Crippen LogP contribution is 2.21. The molecule has 13 heavy (non-hydrogen) atoms. The fraction of sp³-hybridized carbons (Fsp3) is 1.00. The molecule has 0 fully saturated rings. The number of rotatable bonds is 10. The Bertz CT molecular complexity index is 83.5. The van der Waals surface area contributed by atoms with Crippen LogP contribution < -0.4 is 0 Å². The van der Waals surface area contributed by atoms with Crippen molar-refractivity contribution >= 4 is 33.3 Å². The second kappa shape index (κ2) is 13.0. The van der Waals surface area contributed by atoms with Gasteiger partial charge in [-0.3, -0.25) is 0 Å². The van der Waals surface area contributed by atoms with Crippen LogP contribution in [0.1, 0.15) is 12.8 Å². The summed E-state index contributed by atoms with van der Waals surface area (Å²) in [5, 5.41) is 17.0. The second-order valence-electron chi connectivity index (χ2n) is 2.41. The van der Waals surface area contributed by atoms with Gasteiger partial charge in [-0.15, -0.1) is 0 Å². The first-order valence-electron chi connectivity index (χ1n) is 4.45. The van der Waals surface area contributed by atoms with E-state index >= 15 is 0 Å². The van der Waals surface area contributed by atoms with E-state index in [1.54, 1.807) is 10.8 Å². The molecule has 0 amide bonds. The molecule has 0 saturated carbocycles. The molecular weight excluding hydrogens is 224 g/mol. The van der Waals surface area contributed by atoms with Gasteiger partial charge in [-0.25, -0.2) is 0 Å². The van der Waals surface area contributed by atoms with E-state index in [1.807, 2.05) is 22.6 Å². The average Bonchev–Trinajstić information content (AvgIpc) is 2.16. The zero-order chi connectivity index (χ0) is 9.78. The molecule has 0 bridgehead atoms. The van der Waals surface area contributed by atoms with Gasteiger partial charge in [0, 0.05) is 17.3 Å². The third-order valence-corrected chi connectivity index (χ3v) is 4.78. The Balaban J connectivity index is 2.76. The lowest BCUT2D eigenvalue weighted by atomic mass is 10.4. The van der Waals surface area contributed by atoms with Gasteiger partial charge < -0.3 is 10.2 Å². The number of thioether (sulfide) groups is 1. The van der Waals surface area contributed by atoms with Gasteiger partial charge in [0.25, 0.3) is 0 Å². The van der Waals surface area contributed by atoms with Crippen molar-refractivity contribution in [1.82, 2.24) is 0 Å². The standard InChI is InChI=1S/C8H18O2S3/c9-3-7-11-5-1-2-6-12-13-8-4-10/h9-10H,1-8H2. The van der Waals surface area contributed by atoms with Crippen LogP contribution >= 0.6 is 33.3 Å². The first-order chi connectivity index (χ1) is 6.41. The molecule has 0 spiro atoms. The van der Waals surface area contributed by atoms with Crippen LogP contribution in [0.3, 0.4) is 0 Å². The number of hydrogen-bond donors (Lipinski definition) is 2. The van der Waals surface area contributed by atoms with Crippen LogP contribution in [0, 0.1) is 0 Å². The number of unbranched alkanes of at least 4 members (excludes halogenated alkanes) is 1. The molecule has 80 valence electrons. The highest BCUT2D eigenvalue weighted by molar-refractivity contribution is 8.76. The van der Waals surface area contributed by atoms with Gasteiger partial charge in [-0.2, -0.15) is 11.8 Å². The molecule has 0 aromatic heterocycles. The van der Waals surface area contributed by atoms with Crippen molar-refractivity contribution in [2.24, 2.45) is 0 Å². The minimum absolute atomic E-state index is 0.282. The molecule has 0 aliphatic carbocycles. The number of aliphatic hydroxyl groups is 2. The molecule has 0 saturated heterocycles. The highest BCUT2D eigenvalue weighted by atomic mass is 33.1. The molecule has 2 nitrogen and oxygen atoms in total. The topological polar surface area (TPSA) is 40.5 Å². The van der Waals surface area contributed by atoms with Crippen LogP contribution in [0.4, 0.5) is 0 Å². The average molecular weight is 242 g/mol. The van der Waals surface area contributed by atoms with Crippen molar-refractivity contribution in [2.75, 3.05) is 36.2 Å². The molecule has 0 radical (unpaired) electrons.